The Kier molecular flexibility index (Phi) is 9.73. The highest BCUT2D eigenvalue weighted by atomic mass is 32.2. The first-order chi connectivity index (χ1) is 15.1. The van der Waals surface area contributed by atoms with E-state index < -0.39 is 16.0 Å². The standard InChI is InChI=1S/C22H29FN2O6S/c1-16(2)31-21-14-18(23)8-11-20(21)30-13-5-3-4-12-29-19-9-6-17(7-10-19)22(24)25-15-32(26,27)28/h6-11,14,16H,3-5,12-13,15H2,1-2H3,(H2,24,25)(H,26,27,28). The summed E-state index contributed by atoms with van der Waals surface area (Å²) in [6.45, 7) is 4.74. The van der Waals surface area contributed by atoms with Crippen molar-refractivity contribution >= 4 is 16.0 Å². The van der Waals surface area contributed by atoms with Crippen LogP contribution in [0.25, 0.3) is 0 Å². The zero-order valence-electron chi connectivity index (χ0n) is 18.2. The summed E-state index contributed by atoms with van der Waals surface area (Å²) in [4.78, 5) is 3.62. The van der Waals surface area contributed by atoms with Crippen LogP contribution in [-0.2, 0) is 10.1 Å². The van der Waals surface area contributed by atoms with E-state index in [9.17, 15) is 12.8 Å². The largest absolute Gasteiger partial charge is 0.494 e. The van der Waals surface area contributed by atoms with Crippen molar-refractivity contribution in [3.8, 4) is 17.2 Å². The minimum Gasteiger partial charge on any atom is -0.494 e. The molecule has 176 valence electrons. The molecule has 0 amide bonds. The summed E-state index contributed by atoms with van der Waals surface area (Å²) < 4.78 is 60.5. The third kappa shape index (κ3) is 9.52. The number of aliphatic imine (C=N–C) groups is 1. The van der Waals surface area contributed by atoms with Crippen LogP contribution in [0, 0.1) is 5.82 Å². The second-order valence-corrected chi connectivity index (χ2v) is 8.72. The van der Waals surface area contributed by atoms with Crippen molar-refractivity contribution in [1.29, 1.82) is 0 Å². The summed E-state index contributed by atoms with van der Waals surface area (Å²) in [6, 6.07) is 11.0. The molecule has 0 saturated carbocycles. The predicted molar refractivity (Wildman–Crippen MR) is 121 cm³/mol. The van der Waals surface area contributed by atoms with E-state index in [-0.39, 0.29) is 17.8 Å². The molecule has 0 unspecified atom stereocenters. The molecule has 0 aliphatic heterocycles. The third-order valence-corrected chi connectivity index (χ3v) is 4.59. The van der Waals surface area contributed by atoms with Gasteiger partial charge in [-0.3, -0.25) is 4.55 Å². The number of unbranched alkanes of at least 4 members (excludes halogenated alkanes) is 2. The summed E-state index contributed by atoms with van der Waals surface area (Å²) in [6.07, 6.45) is 2.43. The molecule has 3 N–H and O–H groups in total. The van der Waals surface area contributed by atoms with E-state index in [1.165, 1.54) is 12.1 Å². The van der Waals surface area contributed by atoms with E-state index in [0.29, 0.717) is 36.0 Å². The van der Waals surface area contributed by atoms with Crippen LogP contribution in [0.4, 0.5) is 4.39 Å². The zero-order chi connectivity index (χ0) is 23.6. The van der Waals surface area contributed by atoms with Crippen LogP contribution in [0.5, 0.6) is 17.2 Å². The third-order valence-electron chi connectivity index (χ3n) is 4.13. The molecule has 10 heteroatoms. The molecule has 8 nitrogen and oxygen atoms in total. The van der Waals surface area contributed by atoms with Crippen LogP contribution in [0.2, 0.25) is 0 Å². The van der Waals surface area contributed by atoms with E-state index in [4.69, 9.17) is 24.5 Å². The maximum absolute atomic E-state index is 13.4. The van der Waals surface area contributed by atoms with Gasteiger partial charge in [-0.15, -0.1) is 0 Å². The van der Waals surface area contributed by atoms with Gasteiger partial charge in [0.1, 0.15) is 17.4 Å². The molecule has 2 aromatic rings. The molecular formula is C22H29FN2O6S. The van der Waals surface area contributed by atoms with Crippen LogP contribution >= 0.6 is 0 Å². The number of nitrogens with two attached hydrogens (primary N) is 1. The quantitative estimate of drug-likeness (QED) is 0.199. The average Bonchev–Trinajstić information content (AvgIpc) is 2.72. The highest BCUT2D eigenvalue weighted by molar-refractivity contribution is 7.85. The molecule has 0 aliphatic carbocycles. The van der Waals surface area contributed by atoms with Crippen molar-refractivity contribution in [2.75, 3.05) is 19.1 Å². The van der Waals surface area contributed by atoms with Gasteiger partial charge in [0.05, 0.1) is 19.3 Å². The van der Waals surface area contributed by atoms with Crippen LogP contribution in [0.15, 0.2) is 47.5 Å². The van der Waals surface area contributed by atoms with E-state index >= 15 is 0 Å². The van der Waals surface area contributed by atoms with Gasteiger partial charge in [-0.1, -0.05) is 0 Å². The summed E-state index contributed by atoms with van der Waals surface area (Å²) in [5.41, 5.74) is 6.23. The average molecular weight is 469 g/mol. The van der Waals surface area contributed by atoms with Crippen molar-refractivity contribution in [3.05, 3.63) is 53.8 Å². The van der Waals surface area contributed by atoms with Crippen molar-refractivity contribution in [2.45, 2.75) is 39.2 Å². The van der Waals surface area contributed by atoms with Gasteiger partial charge in [-0.05, 0) is 69.5 Å². The van der Waals surface area contributed by atoms with Gasteiger partial charge >= 0.3 is 0 Å². The van der Waals surface area contributed by atoms with Gasteiger partial charge in [0, 0.05) is 11.6 Å². The van der Waals surface area contributed by atoms with Crippen LogP contribution in [0.1, 0.15) is 38.7 Å². The Hall–Kier alpha value is -2.85. The molecule has 32 heavy (non-hydrogen) atoms. The number of hydrogen-bond donors (Lipinski definition) is 2. The molecule has 0 atom stereocenters. The number of nitrogens with zero attached hydrogens (tertiary/aromatic N) is 1. The zero-order valence-corrected chi connectivity index (χ0v) is 19.0. The highest BCUT2D eigenvalue weighted by Gasteiger charge is 2.09. The first-order valence-electron chi connectivity index (χ1n) is 10.2. The van der Waals surface area contributed by atoms with Crippen molar-refractivity contribution in [1.82, 2.24) is 0 Å². The first kappa shape index (κ1) is 25.4. The van der Waals surface area contributed by atoms with E-state index in [1.54, 1.807) is 30.3 Å². The summed E-state index contributed by atoms with van der Waals surface area (Å²) in [7, 11) is -4.20. The number of rotatable bonds is 13. The van der Waals surface area contributed by atoms with Crippen molar-refractivity contribution < 1.29 is 31.6 Å². The molecule has 0 radical (unpaired) electrons. The molecule has 0 fully saturated rings. The number of ether oxygens (including phenoxy) is 3. The van der Waals surface area contributed by atoms with Crippen molar-refractivity contribution in [2.24, 2.45) is 10.7 Å². The fourth-order valence-electron chi connectivity index (χ4n) is 2.66. The lowest BCUT2D eigenvalue weighted by Crippen LogP contribution is -2.16. The molecule has 0 heterocycles. The topological polar surface area (TPSA) is 120 Å². The monoisotopic (exact) mass is 468 g/mol. The smallest absolute Gasteiger partial charge is 0.285 e. The Bertz CT molecular complexity index is 994. The Morgan fingerprint density at radius 3 is 2.31 bits per heavy atom. The Morgan fingerprint density at radius 2 is 1.69 bits per heavy atom. The minimum atomic E-state index is -4.20. The molecule has 0 bridgehead atoms. The van der Waals surface area contributed by atoms with Gasteiger partial charge in [-0.2, -0.15) is 8.42 Å². The SMILES string of the molecule is CC(C)Oc1cc(F)ccc1OCCCCCOc1ccc(C(N)=NCS(=O)(=O)O)cc1. The fraction of sp³-hybridized carbons (Fsp3) is 0.409. The maximum Gasteiger partial charge on any atom is 0.285 e. The van der Waals surface area contributed by atoms with Crippen LogP contribution < -0.4 is 19.9 Å². The molecule has 0 spiro atoms. The van der Waals surface area contributed by atoms with Gasteiger partial charge in [0.2, 0.25) is 0 Å². The number of hydrogen-bond acceptors (Lipinski definition) is 6. The Balaban J connectivity index is 1.68. The second kappa shape index (κ2) is 12.3. The fourth-order valence-corrected chi connectivity index (χ4v) is 2.97. The maximum atomic E-state index is 13.4. The van der Waals surface area contributed by atoms with Crippen molar-refractivity contribution in [3.63, 3.8) is 0 Å². The normalized spacial score (nSPS) is 12.1. The molecule has 0 saturated heterocycles. The van der Waals surface area contributed by atoms with Gasteiger partial charge in [-0.25, -0.2) is 9.38 Å². The van der Waals surface area contributed by atoms with Crippen LogP contribution in [0.3, 0.4) is 0 Å². The van der Waals surface area contributed by atoms with Gasteiger partial charge in [0.15, 0.2) is 17.4 Å². The summed E-state index contributed by atoms with van der Waals surface area (Å²) in [5, 5.41) is 0. The first-order valence-corrected chi connectivity index (χ1v) is 11.8. The lowest BCUT2D eigenvalue weighted by atomic mass is 10.2. The van der Waals surface area contributed by atoms with Gasteiger partial charge in [0.25, 0.3) is 10.1 Å². The Morgan fingerprint density at radius 1 is 1.03 bits per heavy atom. The number of halogens is 1. The van der Waals surface area contributed by atoms with E-state index in [1.807, 2.05) is 13.8 Å². The number of benzene rings is 2. The molecule has 0 aliphatic rings. The molecule has 2 rings (SSSR count). The molecule has 2 aromatic carbocycles. The van der Waals surface area contributed by atoms with Crippen LogP contribution in [-0.4, -0.2) is 44.0 Å². The summed E-state index contributed by atoms with van der Waals surface area (Å²) in [5.74, 6) is 0.429. The van der Waals surface area contributed by atoms with E-state index in [2.05, 4.69) is 4.99 Å². The molecular weight excluding hydrogens is 439 g/mol. The van der Waals surface area contributed by atoms with E-state index in [0.717, 1.165) is 19.3 Å². The number of amidine groups is 1. The van der Waals surface area contributed by atoms with Gasteiger partial charge < -0.3 is 19.9 Å². The second-order valence-electron chi connectivity index (χ2n) is 7.29. The summed E-state index contributed by atoms with van der Waals surface area (Å²) >= 11 is 0. The predicted octanol–water partition coefficient (Wildman–Crippen LogP) is 3.79. The lowest BCUT2D eigenvalue weighted by molar-refractivity contribution is 0.217. The molecule has 0 aromatic heterocycles. The minimum absolute atomic E-state index is 0.0114. The Labute approximate surface area is 188 Å². The lowest BCUT2D eigenvalue weighted by Gasteiger charge is -2.15. The highest BCUT2D eigenvalue weighted by Crippen LogP contribution is 2.29.